The molecule has 0 aromatic heterocycles. The number of rotatable bonds is 6. The molecule has 0 saturated heterocycles. The highest BCUT2D eigenvalue weighted by Gasteiger charge is 2.19. The molecule has 0 unspecified atom stereocenters. The third-order valence-electron chi connectivity index (χ3n) is 3.04. The summed E-state index contributed by atoms with van der Waals surface area (Å²) < 4.78 is 44.2. The van der Waals surface area contributed by atoms with Gasteiger partial charge in [0.05, 0.1) is 5.69 Å². The summed E-state index contributed by atoms with van der Waals surface area (Å²) in [6, 6.07) is 10.7. The van der Waals surface area contributed by atoms with E-state index in [2.05, 4.69) is 0 Å². The van der Waals surface area contributed by atoms with Crippen LogP contribution in [0.3, 0.4) is 0 Å². The number of hydrogen-bond acceptors (Lipinski definition) is 4. The fourth-order valence-electron chi connectivity index (χ4n) is 1.81. The number of esters is 1. The zero-order chi connectivity index (χ0) is 18.4. The minimum absolute atomic E-state index is 0.536. The van der Waals surface area contributed by atoms with Crippen LogP contribution in [-0.4, -0.2) is 23.7 Å². The van der Waals surface area contributed by atoms with Crippen molar-refractivity contribution in [3.8, 4) is 0 Å². The minimum atomic E-state index is -1.69. The van der Waals surface area contributed by atoms with Gasteiger partial charge in [-0.1, -0.05) is 18.2 Å². The molecule has 132 valence electrons. The Hall–Kier alpha value is -2.48. The molecule has 0 bridgehead atoms. The Morgan fingerprint density at radius 1 is 1.08 bits per heavy atom. The predicted octanol–water partition coefficient (Wildman–Crippen LogP) is 3.77. The average molecular weight is 369 g/mol. The van der Waals surface area contributed by atoms with Gasteiger partial charge in [-0.15, -0.1) is 11.8 Å². The first-order valence-electron chi connectivity index (χ1n) is 7.20. The Balaban J connectivity index is 1.85. The zero-order valence-corrected chi connectivity index (χ0v) is 13.9. The van der Waals surface area contributed by atoms with Gasteiger partial charge in [0.2, 0.25) is 0 Å². The first-order valence-corrected chi connectivity index (χ1v) is 8.08. The highest BCUT2D eigenvalue weighted by molar-refractivity contribution is 8.00. The SMILES string of the molecule is C[C@@H](Sc1ccccc1)C(=O)OCC(=O)Nc1ccc(F)c(F)c1F. The number of benzene rings is 2. The van der Waals surface area contributed by atoms with E-state index in [9.17, 15) is 22.8 Å². The Labute approximate surface area is 146 Å². The van der Waals surface area contributed by atoms with E-state index in [4.69, 9.17) is 4.74 Å². The summed E-state index contributed by atoms with van der Waals surface area (Å²) in [7, 11) is 0. The van der Waals surface area contributed by atoms with Crippen molar-refractivity contribution >= 4 is 29.3 Å². The lowest BCUT2D eigenvalue weighted by Gasteiger charge is -2.12. The maximum Gasteiger partial charge on any atom is 0.319 e. The molecule has 1 amide bonds. The molecule has 25 heavy (non-hydrogen) atoms. The molecule has 0 fully saturated rings. The first-order chi connectivity index (χ1) is 11.9. The van der Waals surface area contributed by atoms with Crippen molar-refractivity contribution in [3.63, 3.8) is 0 Å². The molecule has 1 atom stereocenters. The lowest BCUT2D eigenvalue weighted by atomic mass is 10.3. The minimum Gasteiger partial charge on any atom is -0.455 e. The number of ether oxygens (including phenoxy) is 1. The number of hydrogen-bond donors (Lipinski definition) is 1. The van der Waals surface area contributed by atoms with Gasteiger partial charge in [-0.2, -0.15) is 0 Å². The molecule has 0 heterocycles. The van der Waals surface area contributed by atoms with Gasteiger partial charge in [-0.05, 0) is 31.2 Å². The van der Waals surface area contributed by atoms with E-state index in [1.165, 1.54) is 11.8 Å². The molecule has 0 aliphatic heterocycles. The molecule has 2 aromatic rings. The van der Waals surface area contributed by atoms with E-state index in [0.717, 1.165) is 11.0 Å². The summed E-state index contributed by atoms with van der Waals surface area (Å²) in [5.74, 6) is -6.08. The van der Waals surface area contributed by atoms with Crippen molar-refractivity contribution in [1.82, 2.24) is 0 Å². The second-order valence-corrected chi connectivity index (χ2v) is 6.37. The fourth-order valence-corrected chi connectivity index (χ4v) is 2.70. The van der Waals surface area contributed by atoms with E-state index < -0.39 is 46.9 Å². The number of anilines is 1. The van der Waals surface area contributed by atoms with E-state index in [0.29, 0.717) is 6.07 Å². The topological polar surface area (TPSA) is 55.4 Å². The molecular weight excluding hydrogens is 355 g/mol. The van der Waals surface area contributed by atoms with Crippen LogP contribution in [0, 0.1) is 17.5 Å². The smallest absolute Gasteiger partial charge is 0.319 e. The van der Waals surface area contributed by atoms with E-state index >= 15 is 0 Å². The van der Waals surface area contributed by atoms with Crippen molar-refractivity contribution in [2.75, 3.05) is 11.9 Å². The van der Waals surface area contributed by atoms with Crippen molar-refractivity contribution in [2.24, 2.45) is 0 Å². The second-order valence-electron chi connectivity index (χ2n) is 4.95. The quantitative estimate of drug-likeness (QED) is 0.479. The Morgan fingerprint density at radius 2 is 1.76 bits per heavy atom. The van der Waals surface area contributed by atoms with Gasteiger partial charge in [0.25, 0.3) is 5.91 Å². The molecule has 1 N–H and O–H groups in total. The van der Waals surface area contributed by atoms with Crippen LogP contribution in [0.15, 0.2) is 47.4 Å². The standard InChI is InChI=1S/C17H14F3NO3S/c1-10(25-11-5-3-2-4-6-11)17(23)24-9-14(22)21-13-8-7-12(18)15(19)16(13)20/h2-8,10H,9H2,1H3,(H,21,22)/t10-/m1/s1. The average Bonchev–Trinajstić information content (AvgIpc) is 2.61. The summed E-state index contributed by atoms with van der Waals surface area (Å²) in [6.45, 7) is 0.948. The normalized spacial score (nSPS) is 11.7. The van der Waals surface area contributed by atoms with Gasteiger partial charge in [-0.25, -0.2) is 13.2 Å². The number of halogens is 3. The van der Waals surface area contributed by atoms with Crippen LogP contribution >= 0.6 is 11.8 Å². The summed E-state index contributed by atoms with van der Waals surface area (Å²) in [6.07, 6.45) is 0. The van der Waals surface area contributed by atoms with Gasteiger partial charge < -0.3 is 10.1 Å². The molecule has 0 radical (unpaired) electrons. The Kier molecular flexibility index (Phi) is 6.46. The fraction of sp³-hybridized carbons (Fsp3) is 0.176. The number of thioether (sulfide) groups is 1. The molecule has 0 aliphatic carbocycles. The second kappa shape index (κ2) is 8.57. The van der Waals surface area contributed by atoms with Crippen LogP contribution in [0.2, 0.25) is 0 Å². The Bertz CT molecular complexity index is 771. The van der Waals surface area contributed by atoms with Crippen molar-refractivity contribution in [2.45, 2.75) is 17.1 Å². The van der Waals surface area contributed by atoms with Crippen molar-refractivity contribution in [1.29, 1.82) is 0 Å². The van der Waals surface area contributed by atoms with Crippen LogP contribution in [0.25, 0.3) is 0 Å². The molecule has 0 saturated carbocycles. The van der Waals surface area contributed by atoms with Crippen LogP contribution in [0.5, 0.6) is 0 Å². The number of nitrogens with one attached hydrogen (secondary N) is 1. The van der Waals surface area contributed by atoms with E-state index in [-0.39, 0.29) is 0 Å². The van der Waals surface area contributed by atoms with Crippen LogP contribution in [0.4, 0.5) is 18.9 Å². The number of carbonyl (C=O) groups is 2. The lowest BCUT2D eigenvalue weighted by molar-refractivity contribution is -0.146. The molecule has 2 aromatic carbocycles. The Morgan fingerprint density at radius 3 is 2.44 bits per heavy atom. The summed E-state index contributed by atoms with van der Waals surface area (Å²) >= 11 is 1.26. The van der Waals surface area contributed by atoms with Gasteiger partial charge in [0.15, 0.2) is 24.1 Å². The highest BCUT2D eigenvalue weighted by atomic mass is 32.2. The molecule has 8 heteroatoms. The van der Waals surface area contributed by atoms with Crippen LogP contribution in [0.1, 0.15) is 6.92 Å². The summed E-state index contributed by atoms with van der Waals surface area (Å²) in [4.78, 5) is 24.4. The first kappa shape index (κ1) is 18.9. The number of amides is 1. The highest BCUT2D eigenvalue weighted by Crippen LogP contribution is 2.23. The van der Waals surface area contributed by atoms with Gasteiger partial charge >= 0.3 is 5.97 Å². The molecular formula is C17H14F3NO3S. The largest absolute Gasteiger partial charge is 0.455 e. The van der Waals surface area contributed by atoms with Gasteiger partial charge in [0, 0.05) is 4.90 Å². The number of carbonyl (C=O) groups excluding carboxylic acids is 2. The summed E-state index contributed by atoms with van der Waals surface area (Å²) in [5.41, 5.74) is -0.536. The maximum atomic E-state index is 13.5. The molecule has 4 nitrogen and oxygen atoms in total. The monoisotopic (exact) mass is 369 g/mol. The van der Waals surface area contributed by atoms with Crippen LogP contribution < -0.4 is 5.32 Å². The van der Waals surface area contributed by atoms with E-state index in [1.807, 2.05) is 35.6 Å². The van der Waals surface area contributed by atoms with Gasteiger partial charge in [0.1, 0.15) is 5.25 Å². The van der Waals surface area contributed by atoms with Gasteiger partial charge in [-0.3, -0.25) is 9.59 Å². The molecule has 0 aliphatic rings. The third kappa shape index (κ3) is 5.25. The molecule has 0 spiro atoms. The molecule has 2 rings (SSSR count). The third-order valence-corrected chi connectivity index (χ3v) is 4.13. The summed E-state index contributed by atoms with van der Waals surface area (Å²) in [5, 5.41) is 1.46. The van der Waals surface area contributed by atoms with Crippen molar-refractivity contribution < 1.29 is 27.5 Å². The van der Waals surface area contributed by atoms with Crippen LogP contribution in [-0.2, 0) is 14.3 Å². The maximum absolute atomic E-state index is 13.5. The van der Waals surface area contributed by atoms with E-state index in [1.54, 1.807) is 6.92 Å². The zero-order valence-electron chi connectivity index (χ0n) is 13.1. The predicted molar refractivity (Wildman–Crippen MR) is 87.7 cm³/mol. The van der Waals surface area contributed by atoms with Crippen molar-refractivity contribution in [3.05, 3.63) is 59.9 Å². The lowest BCUT2D eigenvalue weighted by Crippen LogP contribution is -2.25.